The van der Waals surface area contributed by atoms with Crippen molar-refractivity contribution in [2.45, 2.75) is 45.1 Å². The van der Waals surface area contributed by atoms with Gasteiger partial charge in [-0.05, 0) is 60.9 Å². The number of carbonyl (C=O) groups excluding carboxylic acids is 4. The molecule has 0 spiro atoms. The van der Waals surface area contributed by atoms with Crippen molar-refractivity contribution in [1.82, 2.24) is 15.2 Å². The minimum Gasteiger partial charge on any atom is -0.790 e. The van der Waals surface area contributed by atoms with E-state index in [0.29, 0.717) is 33.4 Å². The third-order valence-corrected chi connectivity index (χ3v) is 9.28. The Balaban J connectivity index is 0.00000372. The Hall–Kier alpha value is -4.25. The molecule has 0 saturated heterocycles. The fourth-order valence-electron chi connectivity index (χ4n) is 5.97. The van der Waals surface area contributed by atoms with Crippen molar-refractivity contribution in [1.29, 1.82) is 0 Å². The average Bonchev–Trinajstić information content (AvgIpc) is 3.77. The standard InChI is InChI=1S/C40H38N3O12P.2Na/c1-26(28-10-4-3-5-11-28)41-37(45)40(2,42-38(46)51-24-32-20-30-12-6-9-15-35(30)55-32)21-31-22-43(34-14-8-7-13-33(31)34)39(47)53-25-52-36(44)29-18-16-27(17-19-29)23-54-56(48,49)50;;/h3-20,22,26H,21,23-25H2,1-2H3,(H,41,45)(H,42,46)(H2,48,49,50);;/q;2*+1/p-2/t26-,40-;;/m1../s1. The van der Waals surface area contributed by atoms with E-state index in [1.54, 1.807) is 43.3 Å². The number of phosphoric acid groups is 1. The number of rotatable bonds is 14. The average molecular weight is 828 g/mol. The molecule has 18 heteroatoms. The van der Waals surface area contributed by atoms with Gasteiger partial charge in [0.1, 0.15) is 16.9 Å². The summed E-state index contributed by atoms with van der Waals surface area (Å²) < 4.78 is 37.8. The molecule has 290 valence electrons. The number of furan rings is 1. The van der Waals surface area contributed by atoms with Crippen LogP contribution in [0.15, 0.2) is 120 Å². The molecule has 58 heavy (non-hydrogen) atoms. The monoisotopic (exact) mass is 827 g/mol. The Morgan fingerprint density at radius 2 is 1.52 bits per heavy atom. The molecule has 0 saturated carbocycles. The molecule has 6 aromatic rings. The maximum Gasteiger partial charge on any atom is 1.00 e. The van der Waals surface area contributed by atoms with E-state index < -0.39 is 56.9 Å². The quantitative estimate of drug-likeness (QED) is 0.0625. The molecular formula is C40H36N3Na2O12P. The van der Waals surface area contributed by atoms with Crippen LogP contribution in [-0.2, 0) is 47.7 Å². The van der Waals surface area contributed by atoms with Crippen molar-refractivity contribution in [3.05, 3.63) is 143 Å². The maximum atomic E-state index is 14.1. The van der Waals surface area contributed by atoms with Crippen LogP contribution in [0.3, 0.4) is 0 Å². The third-order valence-electron chi connectivity index (χ3n) is 8.83. The van der Waals surface area contributed by atoms with Crippen LogP contribution in [0.5, 0.6) is 0 Å². The van der Waals surface area contributed by atoms with Crippen molar-refractivity contribution in [3.8, 4) is 0 Å². The number of esters is 1. The predicted octanol–water partition coefficient (Wildman–Crippen LogP) is -0.355. The van der Waals surface area contributed by atoms with E-state index in [1.165, 1.54) is 35.0 Å². The molecule has 0 unspecified atom stereocenters. The second-order valence-electron chi connectivity index (χ2n) is 13.0. The van der Waals surface area contributed by atoms with Gasteiger partial charge in [-0.25, -0.2) is 14.4 Å². The summed E-state index contributed by atoms with van der Waals surface area (Å²) in [6.45, 7) is 1.93. The third kappa shape index (κ3) is 12.1. The van der Waals surface area contributed by atoms with Crippen molar-refractivity contribution in [2.75, 3.05) is 6.79 Å². The topological polar surface area (TPSA) is 211 Å². The first-order valence-electron chi connectivity index (χ1n) is 17.2. The number of carbonyl (C=O) groups is 4. The fraction of sp³-hybridized carbons (Fsp3) is 0.200. The number of alkyl carbamates (subject to hydrolysis) is 1. The minimum atomic E-state index is -5.16. The summed E-state index contributed by atoms with van der Waals surface area (Å²) in [5.74, 6) is -0.943. The van der Waals surface area contributed by atoms with Crippen LogP contribution in [0.25, 0.3) is 21.9 Å². The smallest absolute Gasteiger partial charge is 0.790 e. The first-order chi connectivity index (χ1) is 26.8. The number of para-hydroxylation sites is 2. The van der Waals surface area contributed by atoms with Crippen molar-refractivity contribution in [3.63, 3.8) is 0 Å². The van der Waals surface area contributed by atoms with Crippen LogP contribution in [-0.4, -0.2) is 41.0 Å². The molecular weight excluding hydrogens is 791 g/mol. The minimum absolute atomic E-state index is 0. The van der Waals surface area contributed by atoms with Gasteiger partial charge in [0.15, 0.2) is 6.61 Å². The zero-order chi connectivity index (χ0) is 39.9. The van der Waals surface area contributed by atoms with Crippen molar-refractivity contribution < 1.29 is 116 Å². The van der Waals surface area contributed by atoms with E-state index >= 15 is 0 Å². The Labute approximate surface area is 377 Å². The van der Waals surface area contributed by atoms with Gasteiger partial charge in [-0.15, -0.1) is 0 Å². The normalized spacial score (nSPS) is 12.6. The van der Waals surface area contributed by atoms with Gasteiger partial charge in [0, 0.05) is 23.4 Å². The van der Waals surface area contributed by atoms with Crippen LogP contribution in [0.1, 0.15) is 52.7 Å². The molecule has 0 aliphatic rings. The van der Waals surface area contributed by atoms with Crippen LogP contribution in [0, 0.1) is 0 Å². The molecule has 4 aromatic carbocycles. The van der Waals surface area contributed by atoms with Crippen molar-refractivity contribution >= 4 is 53.8 Å². The Morgan fingerprint density at radius 3 is 2.22 bits per heavy atom. The van der Waals surface area contributed by atoms with E-state index in [1.807, 2.05) is 55.5 Å². The number of aromatic nitrogens is 1. The number of fused-ring (bicyclic) bond motifs is 2. The first-order valence-corrected chi connectivity index (χ1v) is 18.7. The van der Waals surface area contributed by atoms with Gasteiger partial charge in [-0.1, -0.05) is 78.9 Å². The number of nitrogens with one attached hydrogen (secondary N) is 2. The number of nitrogens with zero attached hydrogens (tertiary/aromatic N) is 1. The first kappa shape index (κ1) is 46.4. The molecule has 2 N–H and O–H groups in total. The summed E-state index contributed by atoms with van der Waals surface area (Å²) in [5.41, 5.74) is 1.19. The Morgan fingerprint density at radius 1 is 0.845 bits per heavy atom. The molecule has 2 amide bonds. The summed E-state index contributed by atoms with van der Waals surface area (Å²) >= 11 is 0. The molecule has 2 aromatic heterocycles. The van der Waals surface area contributed by atoms with Crippen LogP contribution >= 0.6 is 7.82 Å². The van der Waals surface area contributed by atoms with Gasteiger partial charge >= 0.3 is 77.3 Å². The summed E-state index contributed by atoms with van der Waals surface area (Å²) in [4.78, 5) is 74.7. The van der Waals surface area contributed by atoms with Gasteiger partial charge in [-0.3, -0.25) is 9.36 Å². The van der Waals surface area contributed by atoms with Crippen molar-refractivity contribution in [2.24, 2.45) is 0 Å². The van der Waals surface area contributed by atoms with E-state index in [0.717, 1.165) is 10.9 Å². The summed E-state index contributed by atoms with van der Waals surface area (Å²) in [7, 11) is -5.16. The van der Waals surface area contributed by atoms with Gasteiger partial charge in [0.2, 0.25) is 12.7 Å². The van der Waals surface area contributed by atoms with Gasteiger partial charge < -0.3 is 48.1 Å². The van der Waals surface area contributed by atoms with E-state index in [-0.39, 0.29) is 77.7 Å². The molecule has 15 nitrogen and oxygen atoms in total. The molecule has 0 aliphatic heterocycles. The maximum absolute atomic E-state index is 14.1. The summed E-state index contributed by atoms with van der Waals surface area (Å²) in [5, 5.41) is 7.15. The van der Waals surface area contributed by atoms with Crippen LogP contribution in [0.4, 0.5) is 9.59 Å². The molecule has 6 rings (SSSR count). The summed E-state index contributed by atoms with van der Waals surface area (Å²) in [6.07, 6.45) is -0.377. The molecule has 0 bridgehead atoms. The van der Waals surface area contributed by atoms with E-state index in [9.17, 15) is 33.5 Å². The van der Waals surface area contributed by atoms with Gasteiger partial charge in [-0.2, -0.15) is 0 Å². The zero-order valence-electron chi connectivity index (χ0n) is 32.2. The van der Waals surface area contributed by atoms with E-state index in [2.05, 4.69) is 15.2 Å². The van der Waals surface area contributed by atoms with Crippen LogP contribution < -0.4 is 79.5 Å². The number of amides is 2. The molecule has 0 fully saturated rings. The predicted molar refractivity (Wildman–Crippen MR) is 198 cm³/mol. The molecule has 2 heterocycles. The molecule has 2 atom stereocenters. The largest absolute Gasteiger partial charge is 1.00 e. The molecule has 0 aliphatic carbocycles. The van der Waals surface area contributed by atoms with Crippen LogP contribution in [0.2, 0.25) is 0 Å². The Kier molecular flexibility index (Phi) is 16.5. The number of hydrogen-bond acceptors (Lipinski definition) is 12. The van der Waals surface area contributed by atoms with Gasteiger partial charge in [0.25, 0.3) is 0 Å². The fourth-order valence-corrected chi connectivity index (χ4v) is 6.28. The second-order valence-corrected chi connectivity index (χ2v) is 14.1. The molecule has 0 radical (unpaired) electrons. The number of hydrogen-bond donors (Lipinski definition) is 2. The number of benzene rings is 4. The zero-order valence-corrected chi connectivity index (χ0v) is 37.1. The number of phosphoric ester groups is 1. The summed E-state index contributed by atoms with van der Waals surface area (Å²) in [6, 6.07) is 30.3. The number of ether oxygens (including phenoxy) is 3. The Bertz CT molecular complexity index is 2380. The van der Waals surface area contributed by atoms with Gasteiger partial charge in [0.05, 0.1) is 31.6 Å². The van der Waals surface area contributed by atoms with E-state index in [4.69, 9.17) is 18.6 Å². The SMILES string of the molecule is C[C@@H](NC(=O)[C@@](C)(Cc1cn(C(=O)OCOC(=O)c2ccc(COP(=O)([O-])[O-])cc2)c2ccccc12)NC(=O)OCc1cc2ccccc2o1)c1ccccc1.[Na+].[Na+]. The second kappa shape index (κ2) is 20.6.